The average molecular weight is 297 g/mol. The normalized spacial score (nSPS) is 17.7. The number of fused-ring (bicyclic) bond motifs is 1. The third-order valence-corrected chi connectivity index (χ3v) is 4.19. The van der Waals surface area contributed by atoms with E-state index in [1.807, 2.05) is 0 Å². The molecule has 0 unspecified atom stereocenters. The van der Waals surface area contributed by atoms with Crippen LogP contribution in [0.1, 0.15) is 45.2 Å². The van der Waals surface area contributed by atoms with Crippen LogP contribution in [-0.4, -0.2) is 11.9 Å². The van der Waals surface area contributed by atoms with Gasteiger partial charge in [-0.3, -0.25) is 0 Å². The van der Waals surface area contributed by atoms with Crippen LogP contribution in [0.25, 0.3) is 0 Å². The van der Waals surface area contributed by atoms with Gasteiger partial charge in [-0.2, -0.15) is 0 Å². The molecule has 0 aromatic heterocycles. The van der Waals surface area contributed by atoms with Crippen LogP contribution in [0, 0.1) is 0 Å². The SMILES string of the molecule is CC(C)(CCBr)c1ccc2c(c1)C(C)(C)CO2. The van der Waals surface area contributed by atoms with Crippen molar-refractivity contribution in [1.29, 1.82) is 0 Å². The second-order valence-electron chi connectivity index (χ2n) is 6.21. The monoisotopic (exact) mass is 296 g/mol. The minimum absolute atomic E-state index is 0.149. The summed E-state index contributed by atoms with van der Waals surface area (Å²) >= 11 is 3.54. The Balaban J connectivity index is 2.40. The zero-order chi connectivity index (χ0) is 12.7. The summed E-state index contributed by atoms with van der Waals surface area (Å²) in [5.41, 5.74) is 3.14. The lowest BCUT2D eigenvalue weighted by molar-refractivity contribution is 0.291. The van der Waals surface area contributed by atoms with Crippen molar-refractivity contribution in [3.8, 4) is 5.75 Å². The van der Waals surface area contributed by atoms with Gasteiger partial charge >= 0.3 is 0 Å². The van der Waals surface area contributed by atoms with Gasteiger partial charge in [0.05, 0.1) is 6.61 Å². The van der Waals surface area contributed by atoms with Crippen molar-refractivity contribution in [3.05, 3.63) is 29.3 Å². The maximum absolute atomic E-state index is 5.73. The molecule has 1 aromatic carbocycles. The van der Waals surface area contributed by atoms with Gasteiger partial charge in [0.1, 0.15) is 5.75 Å². The quantitative estimate of drug-likeness (QED) is 0.750. The number of rotatable bonds is 3. The number of alkyl halides is 1. The van der Waals surface area contributed by atoms with Gasteiger partial charge in [-0.1, -0.05) is 55.8 Å². The third kappa shape index (κ3) is 2.37. The highest BCUT2D eigenvalue weighted by Gasteiger charge is 2.33. The van der Waals surface area contributed by atoms with E-state index in [1.54, 1.807) is 0 Å². The summed E-state index contributed by atoms with van der Waals surface area (Å²) in [6.07, 6.45) is 1.15. The Kier molecular flexibility index (Phi) is 3.28. The highest BCUT2D eigenvalue weighted by Crippen LogP contribution is 2.41. The molecule has 1 nitrogen and oxygen atoms in total. The molecule has 0 saturated carbocycles. The van der Waals surface area contributed by atoms with Gasteiger partial charge in [0, 0.05) is 16.3 Å². The largest absolute Gasteiger partial charge is 0.492 e. The second kappa shape index (κ2) is 4.31. The van der Waals surface area contributed by atoms with E-state index in [1.165, 1.54) is 11.1 Å². The Morgan fingerprint density at radius 1 is 1.35 bits per heavy atom. The lowest BCUT2D eigenvalue weighted by Gasteiger charge is -2.26. The summed E-state index contributed by atoms with van der Waals surface area (Å²) in [6.45, 7) is 9.91. The van der Waals surface area contributed by atoms with E-state index in [9.17, 15) is 0 Å². The summed E-state index contributed by atoms with van der Waals surface area (Å²) in [6, 6.07) is 6.68. The molecule has 0 amide bonds. The first kappa shape index (κ1) is 12.9. The van der Waals surface area contributed by atoms with Crippen molar-refractivity contribution in [2.75, 3.05) is 11.9 Å². The zero-order valence-corrected chi connectivity index (χ0v) is 12.7. The minimum Gasteiger partial charge on any atom is -0.492 e. The minimum atomic E-state index is 0.149. The van der Waals surface area contributed by atoms with E-state index in [-0.39, 0.29) is 10.8 Å². The van der Waals surface area contributed by atoms with Gasteiger partial charge in [-0.25, -0.2) is 0 Å². The average Bonchev–Trinajstić information content (AvgIpc) is 2.55. The Morgan fingerprint density at radius 2 is 2.06 bits per heavy atom. The van der Waals surface area contributed by atoms with Crippen molar-refractivity contribution in [2.24, 2.45) is 0 Å². The van der Waals surface area contributed by atoms with Crippen LogP contribution in [0.2, 0.25) is 0 Å². The molecule has 0 bridgehead atoms. The van der Waals surface area contributed by atoms with E-state index < -0.39 is 0 Å². The second-order valence-corrected chi connectivity index (χ2v) is 7.00. The highest BCUT2D eigenvalue weighted by atomic mass is 79.9. The molecule has 0 atom stereocenters. The summed E-state index contributed by atoms with van der Waals surface area (Å²) < 4.78 is 5.73. The van der Waals surface area contributed by atoms with Crippen LogP contribution in [0.3, 0.4) is 0 Å². The molecule has 0 spiro atoms. The molecule has 2 rings (SSSR count). The van der Waals surface area contributed by atoms with Gasteiger partial charge in [-0.05, 0) is 23.5 Å². The molecule has 17 heavy (non-hydrogen) atoms. The Morgan fingerprint density at radius 3 is 2.71 bits per heavy atom. The van der Waals surface area contributed by atoms with Crippen LogP contribution in [0.4, 0.5) is 0 Å². The van der Waals surface area contributed by atoms with Crippen molar-refractivity contribution in [2.45, 2.75) is 44.9 Å². The van der Waals surface area contributed by atoms with Crippen molar-refractivity contribution in [3.63, 3.8) is 0 Å². The van der Waals surface area contributed by atoms with E-state index in [4.69, 9.17) is 4.74 Å². The molecular weight excluding hydrogens is 276 g/mol. The molecule has 1 aromatic rings. The topological polar surface area (TPSA) is 9.23 Å². The number of halogens is 1. The lowest BCUT2D eigenvalue weighted by Crippen LogP contribution is -2.21. The van der Waals surface area contributed by atoms with Gasteiger partial charge in [-0.15, -0.1) is 0 Å². The van der Waals surface area contributed by atoms with E-state index in [0.717, 1.165) is 24.1 Å². The molecule has 1 aliphatic rings. The molecule has 2 heteroatoms. The van der Waals surface area contributed by atoms with Crippen molar-refractivity contribution >= 4 is 15.9 Å². The highest BCUT2D eigenvalue weighted by molar-refractivity contribution is 9.09. The number of hydrogen-bond acceptors (Lipinski definition) is 1. The van der Waals surface area contributed by atoms with E-state index in [0.29, 0.717) is 0 Å². The molecule has 0 fully saturated rings. The molecule has 1 aliphatic heterocycles. The summed E-state index contributed by atoms with van der Waals surface area (Å²) in [4.78, 5) is 0. The summed E-state index contributed by atoms with van der Waals surface area (Å²) in [7, 11) is 0. The fraction of sp³-hybridized carbons (Fsp3) is 0.600. The third-order valence-electron chi connectivity index (χ3n) is 3.80. The van der Waals surface area contributed by atoms with E-state index >= 15 is 0 Å². The van der Waals surface area contributed by atoms with Gasteiger partial charge in [0.15, 0.2) is 0 Å². The van der Waals surface area contributed by atoms with Crippen molar-refractivity contribution < 1.29 is 4.74 Å². The molecule has 0 N–H and O–H groups in total. The standard InChI is InChI=1S/C15H21BrO/c1-14(2,7-8-16)11-5-6-13-12(9-11)15(3,4)10-17-13/h5-6,9H,7-8,10H2,1-4H3. The summed E-state index contributed by atoms with van der Waals surface area (Å²) in [5, 5.41) is 1.04. The van der Waals surface area contributed by atoms with Crippen LogP contribution in [0.15, 0.2) is 18.2 Å². The number of ether oxygens (including phenoxy) is 1. The van der Waals surface area contributed by atoms with Crippen LogP contribution >= 0.6 is 15.9 Å². The summed E-state index contributed by atoms with van der Waals surface area (Å²) in [5.74, 6) is 1.06. The molecule has 0 aliphatic carbocycles. The molecular formula is C15H21BrO. The van der Waals surface area contributed by atoms with Crippen LogP contribution < -0.4 is 4.74 Å². The lowest BCUT2D eigenvalue weighted by atomic mass is 9.78. The maximum Gasteiger partial charge on any atom is 0.123 e. The van der Waals surface area contributed by atoms with Crippen molar-refractivity contribution in [1.82, 2.24) is 0 Å². The fourth-order valence-corrected chi connectivity index (χ4v) is 3.31. The molecule has 94 valence electrons. The Bertz CT molecular complexity index is 421. The predicted octanol–water partition coefficient (Wildman–Crippen LogP) is 4.42. The smallest absolute Gasteiger partial charge is 0.123 e. The molecule has 1 heterocycles. The van der Waals surface area contributed by atoms with E-state index in [2.05, 4.69) is 61.8 Å². The fourth-order valence-electron chi connectivity index (χ4n) is 2.32. The molecule has 0 radical (unpaired) electrons. The van der Waals surface area contributed by atoms with Gasteiger partial charge in [0.2, 0.25) is 0 Å². The maximum atomic E-state index is 5.73. The Labute approximate surface area is 113 Å². The predicted molar refractivity (Wildman–Crippen MR) is 76.4 cm³/mol. The first-order valence-electron chi connectivity index (χ1n) is 6.21. The van der Waals surface area contributed by atoms with Gasteiger partial charge in [0.25, 0.3) is 0 Å². The number of hydrogen-bond donors (Lipinski definition) is 0. The van der Waals surface area contributed by atoms with Gasteiger partial charge < -0.3 is 4.74 Å². The first-order valence-corrected chi connectivity index (χ1v) is 7.33. The molecule has 0 saturated heterocycles. The number of benzene rings is 1. The van der Waals surface area contributed by atoms with Crippen LogP contribution in [-0.2, 0) is 10.8 Å². The van der Waals surface area contributed by atoms with Crippen LogP contribution in [0.5, 0.6) is 5.75 Å². The zero-order valence-electron chi connectivity index (χ0n) is 11.1. The Hall–Kier alpha value is -0.500. The first-order chi connectivity index (χ1) is 7.87.